The lowest BCUT2D eigenvalue weighted by atomic mass is 10.2. The van der Waals surface area contributed by atoms with Gasteiger partial charge in [-0.25, -0.2) is 4.79 Å². The van der Waals surface area contributed by atoms with Gasteiger partial charge in [0.25, 0.3) is 0 Å². The van der Waals surface area contributed by atoms with Gasteiger partial charge in [-0.15, -0.1) is 11.3 Å². The first-order valence-corrected chi connectivity index (χ1v) is 6.53. The molecule has 0 amide bonds. The van der Waals surface area contributed by atoms with Crippen LogP contribution in [0.1, 0.15) is 20.1 Å². The summed E-state index contributed by atoms with van der Waals surface area (Å²) < 4.78 is 5.19. The maximum absolute atomic E-state index is 11.8. The van der Waals surface area contributed by atoms with E-state index >= 15 is 0 Å². The Morgan fingerprint density at radius 3 is 2.83 bits per heavy atom. The lowest BCUT2D eigenvalue weighted by Crippen LogP contribution is -2.03. The summed E-state index contributed by atoms with van der Waals surface area (Å²) in [6, 6.07) is 8.85. The second kappa shape index (κ2) is 5.42. The first-order chi connectivity index (χ1) is 8.56. The second-order valence-corrected chi connectivity index (χ2v) is 5.52. The lowest BCUT2D eigenvalue weighted by molar-refractivity contribution is 0.0478. The molecule has 5 heteroatoms. The maximum atomic E-state index is 11.8. The molecule has 0 aliphatic heterocycles. The zero-order chi connectivity index (χ0) is 13.1. The van der Waals surface area contributed by atoms with Crippen molar-refractivity contribution in [3.63, 3.8) is 0 Å². The first-order valence-electron chi connectivity index (χ1n) is 5.34. The quantitative estimate of drug-likeness (QED) is 0.874. The van der Waals surface area contributed by atoms with Crippen molar-refractivity contribution in [2.75, 3.05) is 5.73 Å². The fourth-order valence-corrected chi connectivity index (χ4v) is 2.49. The molecule has 0 saturated carbocycles. The van der Waals surface area contributed by atoms with E-state index in [4.69, 9.17) is 22.1 Å². The van der Waals surface area contributed by atoms with Crippen molar-refractivity contribution in [2.45, 2.75) is 13.5 Å². The Morgan fingerprint density at radius 1 is 1.44 bits per heavy atom. The third-order valence-corrected chi connectivity index (χ3v) is 3.70. The van der Waals surface area contributed by atoms with E-state index in [9.17, 15) is 4.79 Å². The minimum Gasteiger partial charge on any atom is -0.457 e. The van der Waals surface area contributed by atoms with Gasteiger partial charge in [-0.1, -0.05) is 23.7 Å². The highest BCUT2D eigenvalue weighted by molar-refractivity contribution is 7.14. The molecule has 0 atom stereocenters. The molecule has 0 aliphatic carbocycles. The van der Waals surface area contributed by atoms with E-state index in [0.717, 1.165) is 10.4 Å². The monoisotopic (exact) mass is 281 g/mol. The van der Waals surface area contributed by atoms with Crippen molar-refractivity contribution in [3.8, 4) is 0 Å². The molecule has 1 aromatic carbocycles. The maximum Gasteiger partial charge on any atom is 0.348 e. The van der Waals surface area contributed by atoms with Crippen molar-refractivity contribution >= 4 is 34.6 Å². The van der Waals surface area contributed by atoms with Gasteiger partial charge in [0.1, 0.15) is 11.5 Å². The first kappa shape index (κ1) is 12.9. The molecule has 3 nitrogen and oxygen atoms in total. The summed E-state index contributed by atoms with van der Waals surface area (Å²) in [5.74, 6) is -0.361. The highest BCUT2D eigenvalue weighted by Crippen LogP contribution is 2.24. The van der Waals surface area contributed by atoms with E-state index < -0.39 is 0 Å². The zero-order valence-electron chi connectivity index (χ0n) is 9.77. The molecule has 94 valence electrons. The van der Waals surface area contributed by atoms with Gasteiger partial charge in [-0.05, 0) is 30.7 Å². The molecule has 0 spiro atoms. The summed E-state index contributed by atoms with van der Waals surface area (Å²) in [6.07, 6.45) is 0. The molecule has 0 unspecified atom stereocenters. The van der Waals surface area contributed by atoms with Crippen LogP contribution >= 0.6 is 22.9 Å². The Morgan fingerprint density at radius 2 is 2.22 bits per heavy atom. The number of hydrogen-bond donors (Lipinski definition) is 1. The number of ether oxygens (including phenoxy) is 1. The molecule has 18 heavy (non-hydrogen) atoms. The van der Waals surface area contributed by atoms with Crippen LogP contribution in [0.25, 0.3) is 0 Å². The number of thiophene rings is 1. The summed E-state index contributed by atoms with van der Waals surface area (Å²) in [7, 11) is 0. The predicted octanol–water partition coefficient (Wildman–Crippen LogP) is 3.65. The molecule has 0 bridgehead atoms. The average molecular weight is 282 g/mol. The molecule has 2 rings (SSSR count). The van der Waals surface area contributed by atoms with Crippen LogP contribution in [-0.4, -0.2) is 5.97 Å². The summed E-state index contributed by atoms with van der Waals surface area (Å²) in [4.78, 5) is 13.2. The number of nitrogen functional groups attached to an aromatic ring is 1. The van der Waals surface area contributed by atoms with Crippen LogP contribution in [0.3, 0.4) is 0 Å². The molecule has 2 aromatic rings. The molecular formula is C13H12ClNO2S. The number of rotatable bonds is 3. The largest absolute Gasteiger partial charge is 0.457 e. The van der Waals surface area contributed by atoms with Crippen molar-refractivity contribution in [1.82, 2.24) is 0 Å². The van der Waals surface area contributed by atoms with E-state index in [1.54, 1.807) is 18.2 Å². The third kappa shape index (κ3) is 3.03. The van der Waals surface area contributed by atoms with Crippen molar-refractivity contribution < 1.29 is 9.53 Å². The SMILES string of the molecule is Cc1sc(C(=O)OCc2cccc(Cl)c2)cc1N. The van der Waals surface area contributed by atoms with Gasteiger partial charge in [0, 0.05) is 15.6 Å². The van der Waals surface area contributed by atoms with E-state index in [1.165, 1.54) is 11.3 Å². The third-order valence-electron chi connectivity index (χ3n) is 2.42. The van der Waals surface area contributed by atoms with Gasteiger partial charge in [0.2, 0.25) is 0 Å². The fraction of sp³-hybridized carbons (Fsp3) is 0.154. The Bertz CT molecular complexity index is 561. The fourth-order valence-electron chi connectivity index (χ4n) is 1.44. The minimum atomic E-state index is -0.361. The van der Waals surface area contributed by atoms with Gasteiger partial charge in [-0.2, -0.15) is 0 Å². The smallest absolute Gasteiger partial charge is 0.348 e. The molecule has 1 heterocycles. The average Bonchev–Trinajstić information content (AvgIpc) is 2.67. The van der Waals surface area contributed by atoms with Crippen LogP contribution in [0, 0.1) is 6.92 Å². The van der Waals surface area contributed by atoms with Crippen LogP contribution in [0.4, 0.5) is 5.69 Å². The van der Waals surface area contributed by atoms with Crippen molar-refractivity contribution in [3.05, 3.63) is 50.7 Å². The minimum absolute atomic E-state index is 0.205. The van der Waals surface area contributed by atoms with Gasteiger partial charge >= 0.3 is 5.97 Å². The number of halogens is 1. The normalized spacial score (nSPS) is 10.3. The van der Waals surface area contributed by atoms with Crippen molar-refractivity contribution in [1.29, 1.82) is 0 Å². The number of carbonyl (C=O) groups excluding carboxylic acids is 1. The Hall–Kier alpha value is -1.52. The molecule has 0 fully saturated rings. The number of hydrogen-bond acceptors (Lipinski definition) is 4. The number of benzene rings is 1. The van der Waals surface area contributed by atoms with Gasteiger partial charge < -0.3 is 10.5 Å². The number of carbonyl (C=O) groups is 1. The topological polar surface area (TPSA) is 52.3 Å². The highest BCUT2D eigenvalue weighted by Gasteiger charge is 2.12. The van der Waals surface area contributed by atoms with E-state index in [0.29, 0.717) is 15.6 Å². The van der Waals surface area contributed by atoms with E-state index in [2.05, 4.69) is 0 Å². The lowest BCUT2D eigenvalue weighted by Gasteiger charge is -2.03. The summed E-state index contributed by atoms with van der Waals surface area (Å²) in [5, 5.41) is 0.625. The summed E-state index contributed by atoms with van der Waals surface area (Å²) in [6.45, 7) is 2.07. The second-order valence-electron chi connectivity index (χ2n) is 3.83. The molecular weight excluding hydrogens is 270 g/mol. The Kier molecular flexibility index (Phi) is 3.89. The van der Waals surface area contributed by atoms with Crippen LogP contribution in [0.2, 0.25) is 5.02 Å². The summed E-state index contributed by atoms with van der Waals surface area (Å²) in [5.41, 5.74) is 7.17. The van der Waals surface area contributed by atoms with Crippen LogP contribution < -0.4 is 5.73 Å². The van der Waals surface area contributed by atoms with Crippen molar-refractivity contribution in [2.24, 2.45) is 0 Å². The van der Waals surface area contributed by atoms with Gasteiger partial charge in [0.15, 0.2) is 0 Å². The van der Waals surface area contributed by atoms with Gasteiger partial charge in [-0.3, -0.25) is 0 Å². The van der Waals surface area contributed by atoms with E-state index in [-0.39, 0.29) is 12.6 Å². The molecule has 0 aliphatic rings. The Balaban J connectivity index is 2.00. The van der Waals surface area contributed by atoms with E-state index in [1.807, 2.05) is 19.1 Å². The zero-order valence-corrected chi connectivity index (χ0v) is 11.3. The standard InChI is InChI=1S/C13H12ClNO2S/c1-8-11(15)6-12(18-8)13(16)17-7-9-3-2-4-10(14)5-9/h2-6H,7,15H2,1H3. The van der Waals surface area contributed by atoms with Crippen LogP contribution in [-0.2, 0) is 11.3 Å². The number of nitrogens with two attached hydrogens (primary N) is 1. The predicted molar refractivity (Wildman–Crippen MR) is 74.0 cm³/mol. The molecule has 0 radical (unpaired) electrons. The highest BCUT2D eigenvalue weighted by atomic mass is 35.5. The van der Waals surface area contributed by atoms with Gasteiger partial charge in [0.05, 0.1) is 0 Å². The molecule has 0 saturated heterocycles. The Labute approximate surface area is 114 Å². The van der Waals surface area contributed by atoms with Crippen LogP contribution in [0.5, 0.6) is 0 Å². The molecule has 1 aromatic heterocycles. The summed E-state index contributed by atoms with van der Waals surface area (Å²) >= 11 is 7.18. The number of anilines is 1. The number of esters is 1. The van der Waals surface area contributed by atoms with Crippen LogP contribution in [0.15, 0.2) is 30.3 Å². The number of aryl methyl sites for hydroxylation is 1. The molecule has 2 N–H and O–H groups in total.